The molecular formula is C25H21F4N5O3. The van der Waals surface area contributed by atoms with Crippen LogP contribution in [0.15, 0.2) is 47.3 Å². The molecule has 2 aromatic carbocycles. The molecule has 0 aliphatic carbocycles. The molecule has 0 radical (unpaired) electrons. The van der Waals surface area contributed by atoms with Crippen LogP contribution in [-0.2, 0) is 19.1 Å². The third-order valence-corrected chi connectivity index (χ3v) is 6.07. The van der Waals surface area contributed by atoms with Gasteiger partial charge in [-0.3, -0.25) is 9.59 Å². The summed E-state index contributed by atoms with van der Waals surface area (Å²) in [5, 5.41) is 11.9. The first-order valence-electron chi connectivity index (χ1n) is 11.2. The lowest BCUT2D eigenvalue weighted by atomic mass is 10.0. The fourth-order valence-corrected chi connectivity index (χ4v) is 4.06. The average Bonchev–Trinajstić information content (AvgIpc) is 2.88. The predicted molar refractivity (Wildman–Crippen MR) is 124 cm³/mol. The first-order chi connectivity index (χ1) is 17.5. The third kappa shape index (κ3) is 5.11. The van der Waals surface area contributed by atoms with Crippen LogP contribution in [0.25, 0.3) is 0 Å². The highest BCUT2D eigenvalue weighted by Crippen LogP contribution is 2.30. The molecule has 1 atom stereocenters. The summed E-state index contributed by atoms with van der Waals surface area (Å²) >= 11 is 0. The molecule has 2 heterocycles. The molecule has 1 N–H and O–H groups in total. The maximum Gasteiger partial charge on any atom is 0.416 e. The highest BCUT2D eigenvalue weighted by Gasteiger charge is 2.31. The zero-order valence-corrected chi connectivity index (χ0v) is 19.8. The summed E-state index contributed by atoms with van der Waals surface area (Å²) in [6, 6.07) is 9.43. The number of amides is 1. The number of nitrogens with one attached hydrogen (secondary N) is 1. The molecule has 0 saturated heterocycles. The van der Waals surface area contributed by atoms with Crippen molar-refractivity contribution in [3.8, 4) is 6.07 Å². The molecular weight excluding hydrogens is 494 g/mol. The Balaban J connectivity index is 1.58. The zero-order valence-electron chi connectivity index (χ0n) is 19.8. The summed E-state index contributed by atoms with van der Waals surface area (Å²) in [6.07, 6.45) is -4.24. The van der Waals surface area contributed by atoms with Gasteiger partial charge in [-0.2, -0.15) is 18.4 Å². The van der Waals surface area contributed by atoms with Gasteiger partial charge in [-0.1, -0.05) is 12.1 Å². The molecule has 12 heteroatoms. The zero-order chi connectivity index (χ0) is 26.9. The molecule has 1 amide bonds. The summed E-state index contributed by atoms with van der Waals surface area (Å²) < 4.78 is 53.9. The van der Waals surface area contributed by atoms with E-state index in [0.29, 0.717) is 11.3 Å². The second-order valence-corrected chi connectivity index (χ2v) is 8.41. The molecule has 37 heavy (non-hydrogen) atoms. The number of hydrogen-bond acceptors (Lipinski definition) is 6. The number of halogens is 4. The van der Waals surface area contributed by atoms with E-state index in [9.17, 15) is 27.2 Å². The molecule has 1 aliphatic rings. The Labute approximate surface area is 208 Å². The number of nitriles is 1. The molecule has 8 nitrogen and oxygen atoms in total. The Kier molecular flexibility index (Phi) is 6.89. The van der Waals surface area contributed by atoms with Gasteiger partial charge in [0.1, 0.15) is 12.9 Å². The number of benzene rings is 2. The van der Waals surface area contributed by atoms with Crippen molar-refractivity contribution in [1.82, 2.24) is 14.6 Å². The van der Waals surface area contributed by atoms with Gasteiger partial charge in [0.15, 0.2) is 0 Å². The Hall–Kier alpha value is -4.40. The largest absolute Gasteiger partial charge is 0.416 e. The second kappa shape index (κ2) is 9.93. The standard InChI is InChI=1S/C25H21F4N5O3/c1-14(16-4-6-17(7-5-16)25(27,28)29)31-24-32-21-9-10-33(13-19(21)23(36)34(24)37-2)22(35)18-8-3-15(12-30)11-20(18)26/h3-8,11,14H,9-10,13H2,1-2H3,(H,31,32). The minimum atomic E-state index is -4.45. The highest BCUT2D eigenvalue weighted by molar-refractivity contribution is 5.94. The van der Waals surface area contributed by atoms with Crippen molar-refractivity contribution in [1.29, 1.82) is 5.26 Å². The molecule has 0 saturated carbocycles. The van der Waals surface area contributed by atoms with Gasteiger partial charge in [0, 0.05) is 13.0 Å². The third-order valence-electron chi connectivity index (χ3n) is 6.07. The smallest absolute Gasteiger partial charge is 0.411 e. The van der Waals surface area contributed by atoms with Crippen molar-refractivity contribution in [2.45, 2.75) is 32.1 Å². The van der Waals surface area contributed by atoms with Crippen molar-refractivity contribution in [2.24, 2.45) is 0 Å². The number of hydrogen-bond donors (Lipinski definition) is 1. The van der Waals surface area contributed by atoms with Crippen LogP contribution >= 0.6 is 0 Å². The van der Waals surface area contributed by atoms with E-state index in [1.165, 1.54) is 36.3 Å². The Morgan fingerprint density at radius 1 is 1.22 bits per heavy atom. The van der Waals surface area contributed by atoms with Gasteiger partial charge in [-0.05, 0) is 42.8 Å². The predicted octanol–water partition coefficient (Wildman–Crippen LogP) is 3.70. The first kappa shape index (κ1) is 25.7. The molecule has 1 unspecified atom stereocenters. The van der Waals surface area contributed by atoms with Crippen LogP contribution in [0.3, 0.4) is 0 Å². The maximum atomic E-state index is 14.4. The lowest BCUT2D eigenvalue weighted by Crippen LogP contribution is -2.42. The van der Waals surface area contributed by atoms with Gasteiger partial charge in [0.2, 0.25) is 5.95 Å². The van der Waals surface area contributed by atoms with Crippen molar-refractivity contribution < 1.29 is 27.2 Å². The van der Waals surface area contributed by atoms with E-state index < -0.39 is 35.1 Å². The molecule has 0 bridgehead atoms. The fourth-order valence-electron chi connectivity index (χ4n) is 4.06. The number of carbonyl (C=O) groups is 1. The van der Waals surface area contributed by atoms with E-state index in [1.807, 2.05) is 0 Å². The number of carbonyl (C=O) groups excluding carboxylic acids is 1. The molecule has 1 aliphatic heterocycles. The van der Waals surface area contributed by atoms with E-state index in [2.05, 4.69) is 10.3 Å². The van der Waals surface area contributed by atoms with E-state index >= 15 is 0 Å². The van der Waals surface area contributed by atoms with Gasteiger partial charge >= 0.3 is 6.18 Å². The van der Waals surface area contributed by atoms with Gasteiger partial charge in [0.25, 0.3) is 11.5 Å². The van der Waals surface area contributed by atoms with E-state index in [0.717, 1.165) is 22.9 Å². The number of fused-ring (bicyclic) bond motifs is 1. The van der Waals surface area contributed by atoms with Crippen molar-refractivity contribution in [2.75, 3.05) is 19.0 Å². The Morgan fingerprint density at radius 3 is 2.51 bits per heavy atom. The molecule has 4 rings (SSSR count). The van der Waals surface area contributed by atoms with Gasteiger partial charge in [0.05, 0.1) is 46.6 Å². The molecule has 3 aromatic rings. The molecule has 192 valence electrons. The van der Waals surface area contributed by atoms with Crippen molar-refractivity contribution in [3.63, 3.8) is 0 Å². The van der Waals surface area contributed by atoms with Crippen LogP contribution in [0.1, 0.15) is 51.3 Å². The van der Waals surface area contributed by atoms with Crippen LogP contribution in [-0.4, -0.2) is 34.2 Å². The number of aromatic nitrogens is 2. The van der Waals surface area contributed by atoms with Gasteiger partial charge in [-0.25, -0.2) is 9.37 Å². The Bertz CT molecular complexity index is 1440. The van der Waals surface area contributed by atoms with Crippen LogP contribution < -0.4 is 15.7 Å². The topological polar surface area (TPSA) is 100 Å². The van der Waals surface area contributed by atoms with E-state index in [4.69, 9.17) is 10.1 Å². The van der Waals surface area contributed by atoms with Crippen LogP contribution in [0.5, 0.6) is 0 Å². The molecule has 0 spiro atoms. The number of nitrogens with zero attached hydrogens (tertiary/aromatic N) is 4. The quantitative estimate of drug-likeness (QED) is 0.521. The lowest BCUT2D eigenvalue weighted by Gasteiger charge is -2.29. The molecule has 0 fully saturated rings. The average molecular weight is 515 g/mol. The van der Waals surface area contributed by atoms with Gasteiger partial charge < -0.3 is 15.1 Å². The summed E-state index contributed by atoms with van der Waals surface area (Å²) in [6.45, 7) is 1.74. The van der Waals surface area contributed by atoms with E-state index in [1.54, 1.807) is 13.0 Å². The molecule has 1 aromatic heterocycles. The minimum Gasteiger partial charge on any atom is -0.411 e. The first-order valence-corrected chi connectivity index (χ1v) is 11.2. The highest BCUT2D eigenvalue weighted by atomic mass is 19.4. The number of rotatable bonds is 5. The normalized spacial score (nSPS) is 13.9. The monoisotopic (exact) mass is 515 g/mol. The summed E-state index contributed by atoms with van der Waals surface area (Å²) in [4.78, 5) is 37.1. The summed E-state index contributed by atoms with van der Waals surface area (Å²) in [5.74, 6) is -1.41. The van der Waals surface area contributed by atoms with Crippen LogP contribution in [0, 0.1) is 17.1 Å². The minimum absolute atomic E-state index is 0.0524. The number of alkyl halides is 3. The lowest BCUT2D eigenvalue weighted by molar-refractivity contribution is -0.137. The summed E-state index contributed by atoms with van der Waals surface area (Å²) in [5.41, 5.74) is -0.338. The SMILES string of the molecule is COn1c(NC(C)c2ccc(C(F)(F)F)cc2)nc2c(c1=O)CN(C(=O)c1ccc(C#N)cc1F)CC2. The van der Waals surface area contributed by atoms with Crippen molar-refractivity contribution in [3.05, 3.63) is 92.1 Å². The van der Waals surface area contributed by atoms with E-state index in [-0.39, 0.29) is 42.1 Å². The maximum absolute atomic E-state index is 14.4. The fraction of sp³-hybridized carbons (Fsp3) is 0.280. The van der Waals surface area contributed by atoms with Gasteiger partial charge in [-0.15, -0.1) is 4.73 Å². The van der Waals surface area contributed by atoms with Crippen LogP contribution in [0.2, 0.25) is 0 Å². The second-order valence-electron chi connectivity index (χ2n) is 8.41. The summed E-state index contributed by atoms with van der Waals surface area (Å²) in [7, 11) is 1.25. The van der Waals surface area contributed by atoms with Crippen molar-refractivity contribution >= 4 is 11.9 Å². The van der Waals surface area contributed by atoms with Crippen LogP contribution in [0.4, 0.5) is 23.5 Å². The number of anilines is 1. The Morgan fingerprint density at radius 2 is 1.92 bits per heavy atom.